The van der Waals surface area contributed by atoms with Crippen LogP contribution in [0.5, 0.6) is 0 Å². The minimum atomic E-state index is 0.683. The highest BCUT2D eigenvalue weighted by Gasteiger charge is 1.98. The number of nitrogens with one attached hydrogen (secondary N) is 1. The van der Waals surface area contributed by atoms with Crippen LogP contribution in [-0.2, 0) is 0 Å². The fraction of sp³-hybridized carbons (Fsp3) is 0.417. The Labute approximate surface area is 99.4 Å². The van der Waals surface area contributed by atoms with Crippen molar-refractivity contribution in [2.45, 2.75) is 26.2 Å². The second-order valence-corrected chi connectivity index (χ2v) is 4.39. The highest BCUT2D eigenvalue weighted by atomic mass is 79.9. The van der Waals surface area contributed by atoms with E-state index in [4.69, 9.17) is 5.26 Å². The fourth-order valence-electron chi connectivity index (χ4n) is 1.36. The third-order valence-electron chi connectivity index (χ3n) is 2.14. The largest absolute Gasteiger partial charge is 0.385 e. The SMILES string of the molecule is CCCCCNc1cc(Br)cc(C#N)c1. The Bertz CT molecular complexity index is 355. The number of unbranched alkanes of at least 4 members (excludes halogenated alkanes) is 2. The molecule has 0 heterocycles. The van der Waals surface area contributed by atoms with E-state index in [0.717, 1.165) is 16.7 Å². The van der Waals surface area contributed by atoms with Crippen LogP contribution in [0, 0.1) is 11.3 Å². The molecule has 1 N–H and O–H groups in total. The van der Waals surface area contributed by atoms with Crippen molar-refractivity contribution in [3.05, 3.63) is 28.2 Å². The summed E-state index contributed by atoms with van der Waals surface area (Å²) in [6, 6.07) is 7.82. The van der Waals surface area contributed by atoms with E-state index in [2.05, 4.69) is 34.2 Å². The first-order chi connectivity index (χ1) is 7.26. The molecule has 0 bridgehead atoms. The smallest absolute Gasteiger partial charge is 0.0992 e. The highest BCUT2D eigenvalue weighted by Crippen LogP contribution is 2.19. The predicted molar refractivity (Wildman–Crippen MR) is 66.9 cm³/mol. The molecule has 0 aliphatic carbocycles. The van der Waals surface area contributed by atoms with Crippen molar-refractivity contribution in [2.75, 3.05) is 11.9 Å². The second kappa shape index (κ2) is 6.47. The Hall–Kier alpha value is -1.01. The third kappa shape index (κ3) is 4.35. The summed E-state index contributed by atoms with van der Waals surface area (Å²) in [7, 11) is 0. The molecule has 1 aromatic carbocycles. The van der Waals surface area contributed by atoms with Crippen LogP contribution in [0.15, 0.2) is 22.7 Å². The lowest BCUT2D eigenvalue weighted by Crippen LogP contribution is -2.01. The van der Waals surface area contributed by atoms with Crippen molar-refractivity contribution in [3.63, 3.8) is 0 Å². The molecule has 0 aliphatic heterocycles. The van der Waals surface area contributed by atoms with Gasteiger partial charge in [0.15, 0.2) is 0 Å². The highest BCUT2D eigenvalue weighted by molar-refractivity contribution is 9.10. The van der Waals surface area contributed by atoms with E-state index in [9.17, 15) is 0 Å². The van der Waals surface area contributed by atoms with Gasteiger partial charge < -0.3 is 5.32 Å². The lowest BCUT2D eigenvalue weighted by molar-refractivity contribution is 0.744. The van der Waals surface area contributed by atoms with Gasteiger partial charge >= 0.3 is 0 Å². The van der Waals surface area contributed by atoms with Crippen molar-refractivity contribution in [2.24, 2.45) is 0 Å². The summed E-state index contributed by atoms with van der Waals surface area (Å²) >= 11 is 3.39. The molecule has 0 amide bonds. The summed E-state index contributed by atoms with van der Waals surface area (Å²) in [5.41, 5.74) is 1.69. The Morgan fingerprint density at radius 2 is 2.13 bits per heavy atom. The van der Waals surface area contributed by atoms with E-state index >= 15 is 0 Å². The van der Waals surface area contributed by atoms with E-state index in [1.165, 1.54) is 19.3 Å². The van der Waals surface area contributed by atoms with Gasteiger partial charge in [0.1, 0.15) is 0 Å². The molecular weight excluding hydrogens is 252 g/mol. The van der Waals surface area contributed by atoms with Crippen molar-refractivity contribution < 1.29 is 0 Å². The van der Waals surface area contributed by atoms with Crippen LogP contribution in [-0.4, -0.2) is 6.54 Å². The van der Waals surface area contributed by atoms with Crippen LogP contribution >= 0.6 is 15.9 Å². The number of rotatable bonds is 5. The average molecular weight is 267 g/mol. The first kappa shape index (κ1) is 12.1. The molecule has 80 valence electrons. The van der Waals surface area contributed by atoms with Gasteiger partial charge in [0.25, 0.3) is 0 Å². The van der Waals surface area contributed by atoms with Gasteiger partial charge in [0.2, 0.25) is 0 Å². The van der Waals surface area contributed by atoms with Crippen LogP contribution in [0.25, 0.3) is 0 Å². The van der Waals surface area contributed by atoms with Crippen molar-refractivity contribution in [1.82, 2.24) is 0 Å². The molecule has 2 nitrogen and oxygen atoms in total. The monoisotopic (exact) mass is 266 g/mol. The van der Waals surface area contributed by atoms with E-state index in [1.807, 2.05) is 18.2 Å². The first-order valence-electron chi connectivity index (χ1n) is 5.21. The van der Waals surface area contributed by atoms with Gasteiger partial charge in [-0.2, -0.15) is 5.26 Å². The normalized spacial score (nSPS) is 9.67. The molecule has 1 rings (SSSR count). The van der Waals surface area contributed by atoms with Gasteiger partial charge in [-0.05, 0) is 24.6 Å². The average Bonchev–Trinajstić information content (AvgIpc) is 2.23. The zero-order chi connectivity index (χ0) is 11.1. The Morgan fingerprint density at radius 1 is 1.33 bits per heavy atom. The van der Waals surface area contributed by atoms with Crippen LogP contribution in [0.4, 0.5) is 5.69 Å². The zero-order valence-corrected chi connectivity index (χ0v) is 10.5. The molecule has 0 fully saturated rings. The quantitative estimate of drug-likeness (QED) is 0.820. The van der Waals surface area contributed by atoms with Crippen molar-refractivity contribution in [3.8, 4) is 6.07 Å². The first-order valence-corrected chi connectivity index (χ1v) is 6.00. The molecule has 0 saturated heterocycles. The number of hydrogen-bond donors (Lipinski definition) is 1. The minimum absolute atomic E-state index is 0.683. The number of benzene rings is 1. The van der Waals surface area contributed by atoms with Crippen LogP contribution in [0.2, 0.25) is 0 Å². The molecule has 0 aliphatic rings. The Kier molecular flexibility index (Phi) is 5.20. The summed E-state index contributed by atoms with van der Waals surface area (Å²) in [5.74, 6) is 0. The van der Waals surface area contributed by atoms with E-state index in [0.29, 0.717) is 5.56 Å². The van der Waals surface area contributed by atoms with E-state index in [1.54, 1.807) is 0 Å². The predicted octanol–water partition coefficient (Wildman–Crippen LogP) is 3.92. The Balaban J connectivity index is 2.54. The van der Waals surface area contributed by atoms with Crippen molar-refractivity contribution in [1.29, 1.82) is 5.26 Å². The van der Waals surface area contributed by atoms with Gasteiger partial charge in [0.05, 0.1) is 11.6 Å². The fourth-order valence-corrected chi connectivity index (χ4v) is 1.86. The van der Waals surface area contributed by atoms with Crippen LogP contribution in [0.1, 0.15) is 31.7 Å². The van der Waals surface area contributed by atoms with Crippen LogP contribution in [0.3, 0.4) is 0 Å². The lowest BCUT2D eigenvalue weighted by Gasteiger charge is -2.06. The van der Waals surface area contributed by atoms with E-state index < -0.39 is 0 Å². The van der Waals surface area contributed by atoms with Gasteiger partial charge in [-0.25, -0.2) is 0 Å². The van der Waals surface area contributed by atoms with Gasteiger partial charge in [-0.3, -0.25) is 0 Å². The molecule has 3 heteroatoms. The van der Waals surface area contributed by atoms with Crippen LogP contribution < -0.4 is 5.32 Å². The molecule has 0 unspecified atom stereocenters. The second-order valence-electron chi connectivity index (χ2n) is 3.47. The Morgan fingerprint density at radius 3 is 2.80 bits per heavy atom. The number of nitrogens with zero attached hydrogens (tertiary/aromatic N) is 1. The maximum absolute atomic E-state index is 8.80. The van der Waals surface area contributed by atoms with Crippen molar-refractivity contribution >= 4 is 21.6 Å². The summed E-state index contributed by atoms with van der Waals surface area (Å²) < 4.78 is 0.944. The standard InChI is InChI=1S/C12H15BrN2/c1-2-3-4-5-15-12-7-10(9-14)6-11(13)8-12/h6-8,15H,2-5H2,1H3. The van der Waals surface area contributed by atoms with Gasteiger partial charge in [-0.15, -0.1) is 0 Å². The number of hydrogen-bond acceptors (Lipinski definition) is 2. The molecule has 15 heavy (non-hydrogen) atoms. The molecule has 0 radical (unpaired) electrons. The molecule has 0 saturated carbocycles. The molecule has 1 aromatic rings. The molecular formula is C12H15BrN2. The summed E-state index contributed by atoms with van der Waals surface area (Å²) in [6.07, 6.45) is 3.64. The summed E-state index contributed by atoms with van der Waals surface area (Å²) in [5, 5.41) is 12.1. The minimum Gasteiger partial charge on any atom is -0.385 e. The van der Waals surface area contributed by atoms with Gasteiger partial charge in [-0.1, -0.05) is 35.7 Å². The van der Waals surface area contributed by atoms with Gasteiger partial charge in [0, 0.05) is 16.7 Å². The lowest BCUT2D eigenvalue weighted by atomic mass is 10.2. The topological polar surface area (TPSA) is 35.8 Å². The maximum Gasteiger partial charge on any atom is 0.0992 e. The number of anilines is 1. The zero-order valence-electron chi connectivity index (χ0n) is 8.89. The third-order valence-corrected chi connectivity index (χ3v) is 2.59. The number of nitriles is 1. The molecule has 0 aromatic heterocycles. The number of halogens is 1. The molecule has 0 spiro atoms. The summed E-state index contributed by atoms with van der Waals surface area (Å²) in [4.78, 5) is 0. The van der Waals surface area contributed by atoms with E-state index in [-0.39, 0.29) is 0 Å². The summed E-state index contributed by atoms with van der Waals surface area (Å²) in [6.45, 7) is 3.15. The molecule has 0 atom stereocenters. The maximum atomic E-state index is 8.80.